The topological polar surface area (TPSA) is 55.1 Å². The van der Waals surface area contributed by atoms with Crippen LogP contribution in [-0.4, -0.2) is 20.3 Å². The average Bonchev–Trinajstić information content (AvgIpc) is 2.75. The molecular weight excluding hydrogens is 260 g/mol. The lowest BCUT2D eigenvalue weighted by Crippen LogP contribution is -2.39. The molecule has 1 aliphatic rings. The summed E-state index contributed by atoms with van der Waals surface area (Å²) in [4.78, 5) is 18.6. The molecule has 0 atom stereocenters. The van der Waals surface area contributed by atoms with Gasteiger partial charge >= 0.3 is 0 Å². The highest BCUT2D eigenvalue weighted by molar-refractivity contribution is 7.18. The van der Waals surface area contributed by atoms with Crippen LogP contribution in [0.15, 0.2) is 17.2 Å². The Balaban J connectivity index is 1.96. The van der Waals surface area contributed by atoms with E-state index in [9.17, 15) is 9.90 Å². The Morgan fingerprint density at radius 1 is 1.42 bits per heavy atom. The van der Waals surface area contributed by atoms with E-state index >= 15 is 0 Å². The van der Waals surface area contributed by atoms with E-state index in [0.29, 0.717) is 11.9 Å². The van der Waals surface area contributed by atoms with Gasteiger partial charge in [-0.2, -0.15) is 0 Å². The van der Waals surface area contributed by atoms with Gasteiger partial charge in [-0.05, 0) is 25.8 Å². The molecule has 0 amide bonds. The first-order chi connectivity index (χ1) is 9.07. The van der Waals surface area contributed by atoms with E-state index in [1.807, 2.05) is 13.0 Å². The highest BCUT2D eigenvalue weighted by Crippen LogP contribution is 2.29. The average molecular weight is 278 g/mol. The molecule has 0 spiro atoms. The second-order valence-electron chi connectivity index (χ2n) is 5.54. The Bertz CT molecular complexity index is 653. The molecule has 0 saturated heterocycles. The maximum atomic E-state index is 12.4. The third-order valence-corrected chi connectivity index (χ3v) is 4.85. The molecule has 1 N–H and O–H groups in total. The molecule has 19 heavy (non-hydrogen) atoms. The number of rotatable bonds is 2. The number of nitrogens with zero attached hydrogens (tertiary/aromatic N) is 2. The monoisotopic (exact) mass is 278 g/mol. The number of fused-ring (bicyclic) bond motifs is 1. The lowest BCUT2D eigenvalue weighted by Gasteiger charge is -2.32. The van der Waals surface area contributed by atoms with E-state index in [0.717, 1.165) is 35.4 Å². The zero-order valence-corrected chi connectivity index (χ0v) is 11.9. The van der Waals surface area contributed by atoms with Crippen molar-refractivity contribution in [3.05, 3.63) is 27.6 Å². The van der Waals surface area contributed by atoms with Gasteiger partial charge in [0.15, 0.2) is 0 Å². The molecular formula is C14H18N2O2S. The van der Waals surface area contributed by atoms with E-state index in [4.69, 9.17) is 0 Å². The summed E-state index contributed by atoms with van der Waals surface area (Å²) in [5.41, 5.74) is -0.768. The summed E-state index contributed by atoms with van der Waals surface area (Å²) in [5.74, 6) is 0. The first-order valence-electron chi connectivity index (χ1n) is 6.75. The zero-order valence-electron chi connectivity index (χ0n) is 11.1. The summed E-state index contributed by atoms with van der Waals surface area (Å²) < 4.78 is 1.57. The Morgan fingerprint density at radius 2 is 2.16 bits per heavy atom. The molecule has 0 radical (unpaired) electrons. The summed E-state index contributed by atoms with van der Waals surface area (Å²) in [6.45, 7) is 2.34. The quantitative estimate of drug-likeness (QED) is 0.918. The molecule has 1 fully saturated rings. The molecule has 5 heteroatoms. The van der Waals surface area contributed by atoms with Crippen molar-refractivity contribution >= 4 is 21.6 Å². The minimum atomic E-state index is -0.734. The van der Waals surface area contributed by atoms with Gasteiger partial charge in [0.05, 0.1) is 23.9 Å². The lowest BCUT2D eigenvalue weighted by molar-refractivity contribution is -0.0123. The minimum Gasteiger partial charge on any atom is -0.388 e. The number of aromatic nitrogens is 2. The number of aryl methyl sites for hydroxylation is 1. The summed E-state index contributed by atoms with van der Waals surface area (Å²) >= 11 is 1.53. The number of aliphatic hydroxyl groups is 1. The van der Waals surface area contributed by atoms with Crippen molar-refractivity contribution in [1.29, 1.82) is 0 Å². The fourth-order valence-corrected chi connectivity index (χ4v) is 3.72. The number of hydrogen-bond donors (Lipinski definition) is 1. The first kappa shape index (κ1) is 12.8. The number of thiophene rings is 1. The highest BCUT2D eigenvalue weighted by atomic mass is 32.1. The van der Waals surface area contributed by atoms with Gasteiger partial charge in [-0.15, -0.1) is 11.3 Å². The predicted octanol–water partition coefficient (Wildman–Crippen LogP) is 2.46. The summed E-state index contributed by atoms with van der Waals surface area (Å²) in [6, 6.07) is 1.89. The molecule has 3 rings (SSSR count). The van der Waals surface area contributed by atoms with Crippen molar-refractivity contribution in [2.45, 2.75) is 51.2 Å². The van der Waals surface area contributed by atoms with E-state index in [1.54, 1.807) is 10.9 Å². The van der Waals surface area contributed by atoms with Crippen molar-refractivity contribution in [3.8, 4) is 0 Å². The molecule has 0 aliphatic heterocycles. The van der Waals surface area contributed by atoms with Gasteiger partial charge in [0.25, 0.3) is 5.56 Å². The molecule has 0 unspecified atom stereocenters. The fourth-order valence-electron chi connectivity index (χ4n) is 2.88. The van der Waals surface area contributed by atoms with Gasteiger partial charge in [-0.1, -0.05) is 19.3 Å². The van der Waals surface area contributed by atoms with Crippen LogP contribution in [0.3, 0.4) is 0 Å². The Morgan fingerprint density at radius 3 is 2.89 bits per heavy atom. The lowest BCUT2D eigenvalue weighted by atomic mass is 9.85. The number of hydrogen-bond acceptors (Lipinski definition) is 4. The Kier molecular flexibility index (Phi) is 3.19. The van der Waals surface area contributed by atoms with Crippen LogP contribution in [0.25, 0.3) is 10.2 Å². The van der Waals surface area contributed by atoms with Crippen molar-refractivity contribution in [1.82, 2.24) is 9.55 Å². The van der Waals surface area contributed by atoms with Crippen LogP contribution in [0.2, 0.25) is 0 Å². The SMILES string of the molecule is Cc1cc2c(=O)n(CC3(O)CCCCC3)cnc2s1. The third kappa shape index (κ3) is 2.44. The second-order valence-corrected chi connectivity index (χ2v) is 6.77. The summed E-state index contributed by atoms with van der Waals surface area (Å²) in [7, 11) is 0. The van der Waals surface area contributed by atoms with Gasteiger partial charge in [0.2, 0.25) is 0 Å². The smallest absolute Gasteiger partial charge is 0.262 e. The molecule has 102 valence electrons. The fraction of sp³-hybridized carbons (Fsp3) is 0.571. The molecule has 4 nitrogen and oxygen atoms in total. The normalized spacial score (nSPS) is 18.8. The van der Waals surface area contributed by atoms with Crippen LogP contribution in [0.5, 0.6) is 0 Å². The zero-order chi connectivity index (χ0) is 13.5. The maximum absolute atomic E-state index is 12.4. The van der Waals surface area contributed by atoms with Crippen molar-refractivity contribution < 1.29 is 5.11 Å². The van der Waals surface area contributed by atoms with Gasteiger partial charge in [-0.3, -0.25) is 9.36 Å². The second kappa shape index (κ2) is 4.72. The predicted molar refractivity (Wildman–Crippen MR) is 76.7 cm³/mol. The molecule has 0 aromatic carbocycles. The Hall–Kier alpha value is -1.20. The third-order valence-electron chi connectivity index (χ3n) is 3.89. The molecule has 0 bridgehead atoms. The highest BCUT2D eigenvalue weighted by Gasteiger charge is 2.30. The first-order valence-corrected chi connectivity index (χ1v) is 7.57. The van der Waals surface area contributed by atoms with E-state index in [1.165, 1.54) is 17.8 Å². The molecule has 2 heterocycles. The van der Waals surface area contributed by atoms with Crippen LogP contribution in [0.1, 0.15) is 37.0 Å². The Labute approximate surface area is 115 Å². The maximum Gasteiger partial charge on any atom is 0.262 e. The molecule has 1 aliphatic carbocycles. The van der Waals surface area contributed by atoms with Crippen molar-refractivity contribution in [2.24, 2.45) is 0 Å². The standard InChI is InChI=1S/C14H18N2O2S/c1-10-7-11-12(19-10)15-9-16(13(11)17)8-14(18)5-3-2-4-6-14/h7,9,18H,2-6,8H2,1H3. The van der Waals surface area contributed by atoms with E-state index in [-0.39, 0.29) is 5.56 Å². The van der Waals surface area contributed by atoms with Crippen LogP contribution in [0, 0.1) is 6.92 Å². The van der Waals surface area contributed by atoms with Gasteiger partial charge in [-0.25, -0.2) is 4.98 Å². The largest absolute Gasteiger partial charge is 0.388 e. The van der Waals surface area contributed by atoms with Crippen LogP contribution in [-0.2, 0) is 6.54 Å². The van der Waals surface area contributed by atoms with E-state index in [2.05, 4.69) is 4.98 Å². The minimum absolute atomic E-state index is 0.0339. The van der Waals surface area contributed by atoms with Crippen molar-refractivity contribution in [3.63, 3.8) is 0 Å². The van der Waals surface area contributed by atoms with E-state index < -0.39 is 5.60 Å². The molecule has 1 saturated carbocycles. The summed E-state index contributed by atoms with van der Waals surface area (Å²) in [6.07, 6.45) is 6.39. The molecule has 2 aromatic heterocycles. The van der Waals surface area contributed by atoms with Gasteiger partial charge < -0.3 is 5.11 Å². The molecule has 2 aromatic rings. The van der Waals surface area contributed by atoms with Gasteiger partial charge in [0, 0.05) is 4.88 Å². The summed E-state index contributed by atoms with van der Waals surface area (Å²) in [5, 5.41) is 11.2. The van der Waals surface area contributed by atoms with Crippen LogP contribution in [0.4, 0.5) is 0 Å². The van der Waals surface area contributed by atoms with Gasteiger partial charge in [0.1, 0.15) is 4.83 Å². The van der Waals surface area contributed by atoms with Crippen LogP contribution < -0.4 is 5.56 Å². The van der Waals surface area contributed by atoms with Crippen LogP contribution >= 0.6 is 11.3 Å². The van der Waals surface area contributed by atoms with Crippen molar-refractivity contribution in [2.75, 3.05) is 0 Å².